The van der Waals surface area contributed by atoms with E-state index in [4.69, 9.17) is 14.2 Å². The summed E-state index contributed by atoms with van der Waals surface area (Å²) < 4.78 is 16.9. The molecule has 1 saturated heterocycles. The van der Waals surface area contributed by atoms with E-state index in [-0.39, 0.29) is 0 Å². The van der Waals surface area contributed by atoms with Crippen molar-refractivity contribution in [3.63, 3.8) is 0 Å². The van der Waals surface area contributed by atoms with Gasteiger partial charge in [0.25, 0.3) is 0 Å². The third kappa shape index (κ3) is 5.69. The van der Waals surface area contributed by atoms with Crippen molar-refractivity contribution in [1.29, 1.82) is 0 Å². The number of hydrogen-bond donors (Lipinski definition) is 1. The van der Waals surface area contributed by atoms with Gasteiger partial charge in [-0.2, -0.15) is 0 Å². The molecule has 2 atom stereocenters. The lowest BCUT2D eigenvalue weighted by Crippen LogP contribution is -2.50. The predicted octanol–water partition coefficient (Wildman–Crippen LogP) is 3.53. The van der Waals surface area contributed by atoms with Crippen LogP contribution in [0.1, 0.15) is 24.3 Å². The Hall–Kier alpha value is -1.60. The number of nitrogens with zero attached hydrogens (tertiary/aromatic N) is 1. The van der Waals surface area contributed by atoms with E-state index in [0.717, 1.165) is 44.3 Å². The topological polar surface area (TPSA) is 43.0 Å². The van der Waals surface area contributed by atoms with Crippen molar-refractivity contribution in [3.05, 3.63) is 46.2 Å². The Labute approximate surface area is 166 Å². The summed E-state index contributed by atoms with van der Waals surface area (Å²) in [4.78, 5) is 3.69. The second-order valence-corrected chi connectivity index (χ2v) is 7.94. The zero-order valence-corrected chi connectivity index (χ0v) is 17.3. The fraction of sp³-hybridized carbons (Fsp3) is 0.524. The molecule has 0 saturated carbocycles. The van der Waals surface area contributed by atoms with Gasteiger partial charge in [0.05, 0.1) is 20.3 Å². The molecule has 0 radical (unpaired) electrons. The second kappa shape index (κ2) is 10.1. The normalized spacial score (nSPS) is 17.4. The SMILES string of the molecule is COc1cc(CNC(C)C(C)N2CCOCC2)ccc1OCc1cccs1. The van der Waals surface area contributed by atoms with Crippen LogP contribution in [0.4, 0.5) is 0 Å². The Bertz CT molecular complexity index is 687. The van der Waals surface area contributed by atoms with E-state index in [1.807, 2.05) is 12.1 Å². The van der Waals surface area contributed by atoms with Crippen molar-refractivity contribution < 1.29 is 14.2 Å². The van der Waals surface area contributed by atoms with Gasteiger partial charge in [0, 0.05) is 36.6 Å². The fourth-order valence-corrected chi connectivity index (χ4v) is 3.85. The molecule has 0 aliphatic carbocycles. The molecule has 2 aromatic rings. The monoisotopic (exact) mass is 390 g/mol. The summed E-state index contributed by atoms with van der Waals surface area (Å²) in [5.41, 5.74) is 1.19. The molecule has 0 spiro atoms. The van der Waals surface area contributed by atoms with E-state index in [9.17, 15) is 0 Å². The van der Waals surface area contributed by atoms with Crippen LogP contribution in [-0.4, -0.2) is 50.4 Å². The van der Waals surface area contributed by atoms with E-state index in [1.165, 1.54) is 10.4 Å². The standard InChI is InChI=1S/C21H30N2O3S/c1-16(17(2)23-8-10-25-11-9-23)22-14-18-6-7-20(21(13-18)24-3)26-15-19-5-4-12-27-19/h4-7,12-13,16-17,22H,8-11,14-15H2,1-3H3. The third-order valence-electron chi connectivity index (χ3n) is 5.15. The van der Waals surface area contributed by atoms with Crippen molar-refractivity contribution in [2.75, 3.05) is 33.4 Å². The van der Waals surface area contributed by atoms with Crippen LogP contribution in [0.3, 0.4) is 0 Å². The van der Waals surface area contributed by atoms with Crippen LogP contribution >= 0.6 is 11.3 Å². The first-order chi connectivity index (χ1) is 13.2. The van der Waals surface area contributed by atoms with Crippen molar-refractivity contribution in [2.45, 2.75) is 39.1 Å². The molecular weight excluding hydrogens is 360 g/mol. The van der Waals surface area contributed by atoms with Crippen LogP contribution in [0.2, 0.25) is 0 Å². The lowest BCUT2D eigenvalue weighted by atomic mass is 10.1. The van der Waals surface area contributed by atoms with E-state index in [0.29, 0.717) is 18.7 Å². The molecule has 1 fully saturated rings. The van der Waals surface area contributed by atoms with Gasteiger partial charge in [0.2, 0.25) is 0 Å². The molecule has 5 nitrogen and oxygen atoms in total. The molecule has 27 heavy (non-hydrogen) atoms. The number of morpholine rings is 1. The van der Waals surface area contributed by atoms with Crippen LogP contribution < -0.4 is 14.8 Å². The molecule has 0 amide bonds. The Balaban J connectivity index is 1.53. The van der Waals surface area contributed by atoms with Gasteiger partial charge in [0.1, 0.15) is 6.61 Å². The highest BCUT2D eigenvalue weighted by molar-refractivity contribution is 7.09. The quantitative estimate of drug-likeness (QED) is 0.709. The van der Waals surface area contributed by atoms with E-state index < -0.39 is 0 Å². The first-order valence-electron chi connectivity index (χ1n) is 9.54. The van der Waals surface area contributed by atoms with Gasteiger partial charge in [-0.15, -0.1) is 11.3 Å². The molecule has 6 heteroatoms. The van der Waals surface area contributed by atoms with E-state index in [2.05, 4.69) is 47.6 Å². The molecule has 148 valence electrons. The first-order valence-corrected chi connectivity index (χ1v) is 10.4. The maximum Gasteiger partial charge on any atom is 0.161 e. The Kier molecular flexibility index (Phi) is 7.52. The zero-order chi connectivity index (χ0) is 19.1. The predicted molar refractivity (Wildman–Crippen MR) is 110 cm³/mol. The number of nitrogens with one attached hydrogen (secondary N) is 1. The number of ether oxygens (including phenoxy) is 3. The van der Waals surface area contributed by atoms with Gasteiger partial charge in [-0.3, -0.25) is 4.90 Å². The summed E-state index contributed by atoms with van der Waals surface area (Å²) in [5.74, 6) is 1.56. The maximum absolute atomic E-state index is 5.92. The van der Waals surface area contributed by atoms with Crippen molar-refractivity contribution in [1.82, 2.24) is 10.2 Å². The highest BCUT2D eigenvalue weighted by Gasteiger charge is 2.21. The van der Waals surface area contributed by atoms with Crippen molar-refractivity contribution in [3.8, 4) is 11.5 Å². The molecule has 1 aromatic heterocycles. The smallest absolute Gasteiger partial charge is 0.161 e. The Morgan fingerprint density at radius 1 is 1.19 bits per heavy atom. The lowest BCUT2D eigenvalue weighted by molar-refractivity contribution is 0.0135. The number of rotatable bonds is 9. The molecule has 1 N–H and O–H groups in total. The molecule has 3 rings (SSSR count). The number of hydrogen-bond acceptors (Lipinski definition) is 6. The maximum atomic E-state index is 5.92. The summed E-state index contributed by atoms with van der Waals surface area (Å²) in [6.45, 7) is 9.59. The molecule has 1 aromatic carbocycles. The molecule has 0 bridgehead atoms. The highest BCUT2D eigenvalue weighted by Crippen LogP contribution is 2.29. The molecule has 2 heterocycles. The number of benzene rings is 1. The van der Waals surface area contributed by atoms with Crippen molar-refractivity contribution >= 4 is 11.3 Å². The van der Waals surface area contributed by atoms with Crippen LogP contribution in [0.25, 0.3) is 0 Å². The number of methoxy groups -OCH3 is 1. The van der Waals surface area contributed by atoms with E-state index >= 15 is 0 Å². The summed E-state index contributed by atoms with van der Waals surface area (Å²) in [5, 5.41) is 5.70. The van der Waals surface area contributed by atoms with Gasteiger partial charge in [-0.05, 0) is 43.0 Å². The minimum atomic E-state index is 0.392. The van der Waals surface area contributed by atoms with Crippen LogP contribution in [0.15, 0.2) is 35.7 Å². The highest BCUT2D eigenvalue weighted by atomic mass is 32.1. The van der Waals surface area contributed by atoms with Crippen LogP contribution in [0.5, 0.6) is 11.5 Å². The third-order valence-corrected chi connectivity index (χ3v) is 6.00. The largest absolute Gasteiger partial charge is 0.493 e. The second-order valence-electron chi connectivity index (χ2n) is 6.91. The lowest BCUT2D eigenvalue weighted by Gasteiger charge is -2.36. The minimum Gasteiger partial charge on any atom is -0.493 e. The van der Waals surface area contributed by atoms with Gasteiger partial charge >= 0.3 is 0 Å². The van der Waals surface area contributed by atoms with Gasteiger partial charge in [0.15, 0.2) is 11.5 Å². The average molecular weight is 391 g/mol. The van der Waals surface area contributed by atoms with E-state index in [1.54, 1.807) is 18.4 Å². The molecule has 1 aliphatic heterocycles. The minimum absolute atomic E-state index is 0.392. The molecular formula is C21H30N2O3S. The van der Waals surface area contributed by atoms with Crippen LogP contribution in [0, 0.1) is 0 Å². The number of thiophene rings is 1. The zero-order valence-electron chi connectivity index (χ0n) is 16.4. The first kappa shape index (κ1) is 20.1. The Morgan fingerprint density at radius 3 is 2.70 bits per heavy atom. The summed E-state index contributed by atoms with van der Waals surface area (Å²) in [6.07, 6.45) is 0. The fourth-order valence-electron chi connectivity index (χ4n) is 3.24. The van der Waals surface area contributed by atoms with Gasteiger partial charge < -0.3 is 19.5 Å². The molecule has 1 aliphatic rings. The molecule has 2 unspecified atom stereocenters. The average Bonchev–Trinajstić information content (AvgIpc) is 3.24. The Morgan fingerprint density at radius 2 is 2.00 bits per heavy atom. The summed E-state index contributed by atoms with van der Waals surface area (Å²) in [7, 11) is 1.69. The van der Waals surface area contributed by atoms with Gasteiger partial charge in [-0.1, -0.05) is 12.1 Å². The van der Waals surface area contributed by atoms with Crippen molar-refractivity contribution in [2.24, 2.45) is 0 Å². The van der Waals surface area contributed by atoms with Crippen LogP contribution in [-0.2, 0) is 17.9 Å². The summed E-state index contributed by atoms with van der Waals surface area (Å²) in [6, 6.07) is 11.1. The summed E-state index contributed by atoms with van der Waals surface area (Å²) >= 11 is 1.70. The van der Waals surface area contributed by atoms with Gasteiger partial charge in [-0.25, -0.2) is 0 Å².